The van der Waals surface area contributed by atoms with Gasteiger partial charge in [0.2, 0.25) is 0 Å². The van der Waals surface area contributed by atoms with Gasteiger partial charge in [0.05, 0.1) is 0 Å². The number of nitrogens with two attached hydrogens (primary N) is 1. The smallest absolute Gasteiger partial charge is 0.0408 e. The molecule has 2 N–H and O–H groups in total. The first kappa shape index (κ1) is 11.6. The summed E-state index contributed by atoms with van der Waals surface area (Å²) in [6.45, 7) is 0. The van der Waals surface area contributed by atoms with Crippen molar-refractivity contribution in [1.82, 2.24) is 0 Å². The summed E-state index contributed by atoms with van der Waals surface area (Å²) in [5.41, 5.74) is 9.86. The average Bonchev–Trinajstić information content (AvgIpc) is 3.10. The van der Waals surface area contributed by atoms with E-state index in [9.17, 15) is 0 Å². The van der Waals surface area contributed by atoms with Crippen LogP contribution in [0.4, 0.5) is 5.69 Å². The van der Waals surface area contributed by atoms with Crippen LogP contribution in [-0.2, 0) is 11.8 Å². The molecule has 0 bridgehead atoms. The van der Waals surface area contributed by atoms with Crippen LogP contribution < -0.4 is 5.73 Å². The van der Waals surface area contributed by atoms with Crippen LogP contribution in [0.5, 0.6) is 0 Å². The maximum Gasteiger partial charge on any atom is 0.0408 e. The van der Waals surface area contributed by atoms with Gasteiger partial charge in [-0.2, -0.15) is 0 Å². The second kappa shape index (κ2) is 4.33. The van der Waals surface area contributed by atoms with Gasteiger partial charge in [-0.1, -0.05) is 41.9 Å². The number of halogens is 1. The Kier molecular flexibility index (Phi) is 2.79. The molecule has 1 fully saturated rings. The summed E-state index contributed by atoms with van der Waals surface area (Å²) in [7, 11) is 0. The molecule has 1 aliphatic carbocycles. The maximum absolute atomic E-state index is 6.10. The Morgan fingerprint density at radius 2 is 1.83 bits per heavy atom. The van der Waals surface area contributed by atoms with E-state index in [1.807, 2.05) is 24.3 Å². The van der Waals surface area contributed by atoms with Crippen LogP contribution >= 0.6 is 11.6 Å². The zero-order valence-electron chi connectivity index (χ0n) is 10.2. The predicted molar refractivity (Wildman–Crippen MR) is 76.9 cm³/mol. The normalized spacial score (nSPS) is 16.5. The average molecular weight is 258 g/mol. The van der Waals surface area contributed by atoms with Crippen molar-refractivity contribution in [2.45, 2.75) is 24.7 Å². The molecule has 0 spiro atoms. The molecule has 0 aromatic heterocycles. The van der Waals surface area contributed by atoms with Crippen molar-refractivity contribution in [2.24, 2.45) is 0 Å². The molecule has 1 saturated carbocycles. The highest BCUT2D eigenvalue weighted by molar-refractivity contribution is 6.30. The van der Waals surface area contributed by atoms with Gasteiger partial charge in [-0.15, -0.1) is 0 Å². The highest BCUT2D eigenvalue weighted by atomic mass is 35.5. The van der Waals surface area contributed by atoms with Crippen molar-refractivity contribution in [2.75, 3.05) is 5.73 Å². The largest absolute Gasteiger partial charge is 0.398 e. The lowest BCUT2D eigenvalue weighted by atomic mass is 9.88. The minimum absolute atomic E-state index is 0.246. The Labute approximate surface area is 113 Å². The summed E-state index contributed by atoms with van der Waals surface area (Å²) in [5, 5.41) is 0.810. The molecule has 0 unspecified atom stereocenters. The van der Waals surface area contributed by atoms with E-state index in [0.29, 0.717) is 0 Å². The molecule has 92 valence electrons. The van der Waals surface area contributed by atoms with Gasteiger partial charge in [-0.05, 0) is 48.6 Å². The lowest BCUT2D eigenvalue weighted by Crippen LogP contribution is -2.12. The van der Waals surface area contributed by atoms with Crippen LogP contribution in [0.15, 0.2) is 48.5 Å². The number of rotatable bonds is 3. The van der Waals surface area contributed by atoms with Crippen molar-refractivity contribution in [1.29, 1.82) is 0 Å². The van der Waals surface area contributed by atoms with Crippen LogP contribution in [0.3, 0.4) is 0 Å². The summed E-state index contributed by atoms with van der Waals surface area (Å²) in [6, 6.07) is 16.4. The predicted octanol–water partition coefficient (Wildman–Crippen LogP) is 4.20. The van der Waals surface area contributed by atoms with Crippen LogP contribution in [0.1, 0.15) is 24.0 Å². The van der Waals surface area contributed by atoms with E-state index in [1.54, 1.807) is 0 Å². The quantitative estimate of drug-likeness (QED) is 0.820. The minimum Gasteiger partial charge on any atom is -0.398 e. The van der Waals surface area contributed by atoms with Crippen molar-refractivity contribution in [3.63, 3.8) is 0 Å². The molecule has 3 rings (SSSR count). The summed E-state index contributed by atoms with van der Waals surface area (Å²) in [5.74, 6) is 0. The lowest BCUT2D eigenvalue weighted by molar-refractivity contribution is 0.690. The van der Waals surface area contributed by atoms with Crippen molar-refractivity contribution in [3.05, 3.63) is 64.7 Å². The second-order valence-corrected chi connectivity index (χ2v) is 5.61. The van der Waals surface area contributed by atoms with Gasteiger partial charge in [-0.3, -0.25) is 0 Å². The Hall–Kier alpha value is -1.47. The maximum atomic E-state index is 6.10. The molecule has 1 aliphatic rings. The SMILES string of the molecule is Nc1ccccc1C1(Cc2cccc(Cl)c2)CC1. The van der Waals surface area contributed by atoms with Crippen molar-refractivity contribution < 1.29 is 0 Å². The molecule has 1 nitrogen and oxygen atoms in total. The molecule has 2 heteroatoms. The first-order valence-corrected chi connectivity index (χ1v) is 6.67. The Bertz CT molecular complexity index is 573. The summed E-state index contributed by atoms with van der Waals surface area (Å²) < 4.78 is 0. The summed E-state index contributed by atoms with van der Waals surface area (Å²) >= 11 is 6.05. The molecule has 0 saturated heterocycles. The number of benzene rings is 2. The monoisotopic (exact) mass is 257 g/mol. The van der Waals surface area contributed by atoms with Crippen LogP contribution in [0, 0.1) is 0 Å². The van der Waals surface area contributed by atoms with Crippen LogP contribution in [0.2, 0.25) is 5.02 Å². The minimum atomic E-state index is 0.246. The van der Waals surface area contributed by atoms with Crippen molar-refractivity contribution in [3.8, 4) is 0 Å². The number of hydrogen-bond acceptors (Lipinski definition) is 1. The Balaban J connectivity index is 1.91. The highest BCUT2D eigenvalue weighted by Crippen LogP contribution is 2.52. The number of nitrogen functional groups attached to an aromatic ring is 1. The number of anilines is 1. The zero-order valence-corrected chi connectivity index (χ0v) is 11.0. The summed E-state index contributed by atoms with van der Waals surface area (Å²) in [4.78, 5) is 0. The lowest BCUT2D eigenvalue weighted by Gasteiger charge is -2.18. The Morgan fingerprint density at radius 3 is 2.50 bits per heavy atom. The number of para-hydroxylation sites is 1. The van der Waals surface area contributed by atoms with Gasteiger partial charge < -0.3 is 5.73 Å². The van der Waals surface area contributed by atoms with Crippen LogP contribution in [0.25, 0.3) is 0 Å². The van der Waals surface area contributed by atoms with Crippen molar-refractivity contribution >= 4 is 17.3 Å². The topological polar surface area (TPSA) is 26.0 Å². The van der Waals surface area contributed by atoms with E-state index in [-0.39, 0.29) is 5.41 Å². The first-order valence-electron chi connectivity index (χ1n) is 6.29. The standard InChI is InChI=1S/C16H16ClN/c17-13-5-3-4-12(10-13)11-16(8-9-16)14-6-1-2-7-15(14)18/h1-7,10H,8-9,11,18H2. The van der Waals surface area contributed by atoms with E-state index in [1.165, 1.54) is 24.0 Å². The third-order valence-corrected chi connectivity index (χ3v) is 4.05. The van der Waals surface area contributed by atoms with E-state index < -0.39 is 0 Å². The molecular weight excluding hydrogens is 242 g/mol. The molecule has 2 aromatic carbocycles. The third kappa shape index (κ3) is 2.11. The summed E-state index contributed by atoms with van der Waals surface area (Å²) in [6.07, 6.45) is 3.46. The van der Waals surface area contributed by atoms with Crippen LogP contribution in [-0.4, -0.2) is 0 Å². The highest BCUT2D eigenvalue weighted by Gasteiger charge is 2.45. The van der Waals surface area contributed by atoms with Gasteiger partial charge in [0.15, 0.2) is 0 Å². The third-order valence-electron chi connectivity index (χ3n) is 3.82. The second-order valence-electron chi connectivity index (χ2n) is 5.17. The molecule has 0 radical (unpaired) electrons. The molecule has 18 heavy (non-hydrogen) atoms. The molecular formula is C16H16ClN. The molecule has 0 atom stereocenters. The van der Waals surface area contributed by atoms with E-state index in [2.05, 4.69) is 24.3 Å². The van der Waals surface area contributed by atoms with Gasteiger partial charge in [-0.25, -0.2) is 0 Å². The van der Waals surface area contributed by atoms with E-state index >= 15 is 0 Å². The van der Waals surface area contributed by atoms with Gasteiger partial charge in [0, 0.05) is 16.1 Å². The molecule has 0 amide bonds. The molecule has 2 aromatic rings. The van der Waals surface area contributed by atoms with E-state index in [4.69, 9.17) is 17.3 Å². The molecule has 0 heterocycles. The zero-order chi connectivity index (χ0) is 12.6. The van der Waals surface area contributed by atoms with E-state index in [0.717, 1.165) is 17.1 Å². The Morgan fingerprint density at radius 1 is 1.06 bits per heavy atom. The molecule has 0 aliphatic heterocycles. The first-order chi connectivity index (χ1) is 8.70. The fraction of sp³-hybridized carbons (Fsp3) is 0.250. The van der Waals surface area contributed by atoms with Gasteiger partial charge in [0.25, 0.3) is 0 Å². The fourth-order valence-corrected chi connectivity index (χ4v) is 2.92. The fourth-order valence-electron chi connectivity index (χ4n) is 2.71. The van der Waals surface area contributed by atoms with Gasteiger partial charge in [0.1, 0.15) is 0 Å². The number of hydrogen-bond donors (Lipinski definition) is 1. The van der Waals surface area contributed by atoms with Gasteiger partial charge >= 0.3 is 0 Å².